The molecule has 0 aromatic rings. The van der Waals surface area contributed by atoms with Gasteiger partial charge in [-0.3, -0.25) is 0 Å². The minimum absolute atomic E-state index is 0.644. The lowest BCUT2D eigenvalue weighted by Gasteiger charge is -2.26. The fourth-order valence-electron chi connectivity index (χ4n) is 1.20. The van der Waals surface area contributed by atoms with Crippen LogP contribution in [0.4, 0.5) is 0 Å². The maximum atomic E-state index is 5.33. The van der Waals surface area contributed by atoms with Crippen LogP contribution in [0.3, 0.4) is 0 Å². The largest absolute Gasteiger partial charge is 0.362 e. The van der Waals surface area contributed by atoms with Crippen LogP contribution >= 0.6 is 12.2 Å². The highest BCUT2D eigenvalue weighted by molar-refractivity contribution is 7.80. The molecule has 0 saturated carbocycles. The summed E-state index contributed by atoms with van der Waals surface area (Å²) < 4.78 is 0. The predicted octanol–water partition coefficient (Wildman–Crippen LogP) is 2.49. The first-order valence-electron chi connectivity index (χ1n) is 5.50. The summed E-state index contributed by atoms with van der Waals surface area (Å²) in [6.07, 6.45) is 0. The Hall–Kier alpha value is -0.310. The average Bonchev–Trinajstić information content (AvgIpc) is 2.09. The fraction of sp³-hybridized carbons (Fsp3) is 0.909. The molecule has 0 aliphatic heterocycles. The van der Waals surface area contributed by atoms with Crippen molar-refractivity contribution in [1.82, 2.24) is 10.2 Å². The lowest BCUT2D eigenvalue weighted by molar-refractivity contribution is 0.373. The first kappa shape index (κ1) is 13.7. The second-order valence-corrected chi connectivity index (χ2v) is 4.90. The third-order valence-electron chi connectivity index (χ3n) is 1.92. The van der Waals surface area contributed by atoms with E-state index in [0.717, 1.165) is 24.7 Å². The van der Waals surface area contributed by atoms with Gasteiger partial charge in [0.1, 0.15) is 0 Å². The molecule has 0 saturated heterocycles. The Balaban J connectivity index is 3.92. The molecule has 84 valence electrons. The fourth-order valence-corrected chi connectivity index (χ4v) is 1.49. The Kier molecular flexibility index (Phi) is 6.89. The van der Waals surface area contributed by atoms with Crippen molar-refractivity contribution in [3.8, 4) is 0 Å². The van der Waals surface area contributed by atoms with E-state index in [4.69, 9.17) is 12.2 Å². The molecular formula is C11H24N2S. The van der Waals surface area contributed by atoms with E-state index in [2.05, 4.69) is 44.8 Å². The Morgan fingerprint density at radius 1 is 1.21 bits per heavy atom. The molecule has 0 radical (unpaired) electrons. The van der Waals surface area contributed by atoms with E-state index in [9.17, 15) is 0 Å². The van der Waals surface area contributed by atoms with Crippen molar-refractivity contribution in [1.29, 1.82) is 0 Å². The van der Waals surface area contributed by atoms with E-state index in [1.807, 2.05) is 0 Å². The zero-order chi connectivity index (χ0) is 11.1. The standard InChI is InChI=1S/C11H24N2S/c1-6-13(8-10(4)5)11(14)12-7-9(2)3/h9-10H,6-8H2,1-5H3,(H,12,14). The first-order chi connectivity index (χ1) is 6.47. The zero-order valence-corrected chi connectivity index (χ0v) is 10.9. The van der Waals surface area contributed by atoms with E-state index < -0.39 is 0 Å². The van der Waals surface area contributed by atoms with Gasteiger partial charge in [-0.1, -0.05) is 27.7 Å². The summed E-state index contributed by atoms with van der Waals surface area (Å²) in [4.78, 5) is 2.22. The van der Waals surface area contributed by atoms with Crippen LogP contribution in [-0.4, -0.2) is 29.6 Å². The number of thiocarbonyl (C=S) groups is 1. The van der Waals surface area contributed by atoms with Crippen molar-refractivity contribution in [2.24, 2.45) is 11.8 Å². The molecule has 0 aliphatic rings. The van der Waals surface area contributed by atoms with E-state index in [-0.39, 0.29) is 0 Å². The SMILES string of the molecule is CCN(CC(C)C)C(=S)NCC(C)C. The van der Waals surface area contributed by atoms with Gasteiger partial charge < -0.3 is 10.2 Å². The molecule has 0 amide bonds. The third-order valence-corrected chi connectivity index (χ3v) is 2.32. The van der Waals surface area contributed by atoms with Crippen molar-refractivity contribution in [3.05, 3.63) is 0 Å². The van der Waals surface area contributed by atoms with Crippen molar-refractivity contribution in [2.45, 2.75) is 34.6 Å². The minimum Gasteiger partial charge on any atom is -0.362 e. The van der Waals surface area contributed by atoms with Crippen LogP contribution in [0.2, 0.25) is 0 Å². The van der Waals surface area contributed by atoms with Gasteiger partial charge >= 0.3 is 0 Å². The summed E-state index contributed by atoms with van der Waals surface area (Å²) in [5.74, 6) is 1.31. The molecule has 1 N–H and O–H groups in total. The monoisotopic (exact) mass is 216 g/mol. The van der Waals surface area contributed by atoms with Gasteiger partial charge in [0.25, 0.3) is 0 Å². The van der Waals surface area contributed by atoms with Gasteiger partial charge in [-0.2, -0.15) is 0 Å². The summed E-state index contributed by atoms with van der Waals surface area (Å²) in [7, 11) is 0. The normalized spacial score (nSPS) is 10.8. The summed E-state index contributed by atoms with van der Waals surface area (Å²) >= 11 is 5.33. The molecular weight excluding hydrogens is 192 g/mol. The van der Waals surface area contributed by atoms with Crippen LogP contribution in [0.5, 0.6) is 0 Å². The van der Waals surface area contributed by atoms with Gasteiger partial charge in [0, 0.05) is 19.6 Å². The molecule has 0 bridgehead atoms. The second kappa shape index (κ2) is 7.04. The number of nitrogens with one attached hydrogen (secondary N) is 1. The molecule has 14 heavy (non-hydrogen) atoms. The molecule has 0 fully saturated rings. The van der Waals surface area contributed by atoms with Crippen LogP contribution < -0.4 is 5.32 Å². The number of rotatable bonds is 5. The van der Waals surface area contributed by atoms with Crippen LogP contribution in [0, 0.1) is 11.8 Å². The summed E-state index contributed by atoms with van der Waals surface area (Å²) in [6.45, 7) is 14.0. The van der Waals surface area contributed by atoms with Gasteiger partial charge in [-0.25, -0.2) is 0 Å². The Morgan fingerprint density at radius 2 is 1.79 bits per heavy atom. The molecule has 0 aromatic heterocycles. The minimum atomic E-state index is 0.644. The molecule has 3 heteroatoms. The first-order valence-corrected chi connectivity index (χ1v) is 5.90. The maximum absolute atomic E-state index is 5.33. The predicted molar refractivity (Wildman–Crippen MR) is 67.5 cm³/mol. The highest BCUT2D eigenvalue weighted by atomic mass is 32.1. The zero-order valence-electron chi connectivity index (χ0n) is 10.1. The molecule has 0 unspecified atom stereocenters. The number of nitrogens with zero attached hydrogens (tertiary/aromatic N) is 1. The molecule has 0 aromatic carbocycles. The molecule has 0 heterocycles. The highest BCUT2D eigenvalue weighted by Crippen LogP contribution is 1.99. The quantitative estimate of drug-likeness (QED) is 0.711. The van der Waals surface area contributed by atoms with Gasteiger partial charge in [0.2, 0.25) is 0 Å². The Labute approximate surface area is 94.1 Å². The third kappa shape index (κ3) is 6.19. The molecule has 0 rings (SSSR count). The van der Waals surface area contributed by atoms with Crippen molar-refractivity contribution in [3.63, 3.8) is 0 Å². The summed E-state index contributed by atoms with van der Waals surface area (Å²) in [5.41, 5.74) is 0. The smallest absolute Gasteiger partial charge is 0.168 e. The number of hydrogen-bond donors (Lipinski definition) is 1. The van der Waals surface area contributed by atoms with Gasteiger partial charge in [-0.05, 0) is 31.0 Å². The highest BCUT2D eigenvalue weighted by Gasteiger charge is 2.08. The van der Waals surface area contributed by atoms with Crippen molar-refractivity contribution < 1.29 is 0 Å². The van der Waals surface area contributed by atoms with Crippen LogP contribution in [0.15, 0.2) is 0 Å². The van der Waals surface area contributed by atoms with E-state index in [0.29, 0.717) is 11.8 Å². The van der Waals surface area contributed by atoms with E-state index in [1.54, 1.807) is 0 Å². The lowest BCUT2D eigenvalue weighted by atomic mass is 10.2. The Bertz CT molecular complexity index is 167. The molecule has 2 nitrogen and oxygen atoms in total. The van der Waals surface area contributed by atoms with Gasteiger partial charge in [-0.15, -0.1) is 0 Å². The van der Waals surface area contributed by atoms with E-state index >= 15 is 0 Å². The maximum Gasteiger partial charge on any atom is 0.168 e. The van der Waals surface area contributed by atoms with Crippen molar-refractivity contribution in [2.75, 3.05) is 19.6 Å². The summed E-state index contributed by atoms with van der Waals surface area (Å²) in [6, 6.07) is 0. The number of hydrogen-bond acceptors (Lipinski definition) is 1. The van der Waals surface area contributed by atoms with Crippen LogP contribution in [0.25, 0.3) is 0 Å². The Morgan fingerprint density at radius 3 is 2.14 bits per heavy atom. The molecule has 0 aliphatic carbocycles. The van der Waals surface area contributed by atoms with E-state index in [1.165, 1.54) is 0 Å². The van der Waals surface area contributed by atoms with Gasteiger partial charge in [0.05, 0.1) is 0 Å². The van der Waals surface area contributed by atoms with Crippen molar-refractivity contribution >= 4 is 17.3 Å². The van der Waals surface area contributed by atoms with Crippen LogP contribution in [-0.2, 0) is 0 Å². The molecule has 0 spiro atoms. The average molecular weight is 216 g/mol. The lowest BCUT2D eigenvalue weighted by Crippen LogP contribution is -2.42. The molecule has 0 atom stereocenters. The summed E-state index contributed by atoms with van der Waals surface area (Å²) in [5, 5.41) is 4.19. The van der Waals surface area contributed by atoms with Crippen LogP contribution in [0.1, 0.15) is 34.6 Å². The van der Waals surface area contributed by atoms with Gasteiger partial charge in [0.15, 0.2) is 5.11 Å². The second-order valence-electron chi connectivity index (χ2n) is 4.51. The topological polar surface area (TPSA) is 15.3 Å².